The summed E-state index contributed by atoms with van der Waals surface area (Å²) in [5, 5.41) is 4.94. The zero-order valence-corrected chi connectivity index (χ0v) is 30.8. The normalized spacial score (nSPS) is 13.5. The number of rotatable bonds is 4. The molecule has 0 saturated heterocycles. The number of hydrogen-bond donors (Lipinski definition) is 0. The number of hydrogen-bond acceptors (Lipinski definition) is 3. The molecule has 0 atom stereocenters. The Balaban J connectivity index is 1.21. The van der Waals surface area contributed by atoms with Gasteiger partial charge in [0.25, 0.3) is 0 Å². The Hall–Kier alpha value is -7.24. The van der Waals surface area contributed by atoms with Crippen LogP contribution < -0.4 is 14.2 Å². The smallest absolute Gasteiger partial charge is 0.135 e. The molecule has 1 aliphatic heterocycles. The number of aromatic nitrogens is 2. The number of fused-ring (bicyclic) bond motifs is 15. The van der Waals surface area contributed by atoms with E-state index in [0.717, 1.165) is 45.5 Å². The van der Waals surface area contributed by atoms with Crippen molar-refractivity contribution in [3.63, 3.8) is 0 Å². The first kappa shape index (κ1) is 31.1. The standard InChI is InChI=1S/C51H34N2O3/c1-54-33-21-25-41-49(29-33)56-50-30-34(55-2)22-26-42(50)51(41)43-27-31(52-45-15-7-3-11-37(45)38-12-4-8-16-46(38)52)19-23-35(43)36-24-20-32(28-44(36)51)53-47-17-9-5-13-39(47)40-14-6-10-18-48(40)53/h3-30H,1-2H3. The summed E-state index contributed by atoms with van der Waals surface area (Å²) >= 11 is 0. The SMILES string of the molecule is COc1ccc2c(c1)Oc1cc(OC)ccc1C21c2cc(-n3c4ccccc4c4ccccc43)ccc2-c2ccc(-n3c4ccccc4c4ccccc43)cc21. The van der Waals surface area contributed by atoms with E-state index in [-0.39, 0.29) is 0 Å². The molecule has 5 nitrogen and oxygen atoms in total. The summed E-state index contributed by atoms with van der Waals surface area (Å²) in [7, 11) is 3.40. The van der Waals surface area contributed by atoms with Crippen molar-refractivity contribution in [2.75, 3.05) is 14.2 Å². The Labute approximate surface area is 323 Å². The average Bonchev–Trinajstić information content (AvgIpc) is 3.87. The predicted molar refractivity (Wildman–Crippen MR) is 226 cm³/mol. The van der Waals surface area contributed by atoms with E-state index >= 15 is 0 Å². The maximum absolute atomic E-state index is 6.84. The molecule has 8 aromatic carbocycles. The molecule has 2 aromatic heterocycles. The largest absolute Gasteiger partial charge is 0.497 e. The van der Waals surface area contributed by atoms with Crippen LogP contribution in [0.25, 0.3) is 66.1 Å². The predicted octanol–water partition coefficient (Wildman–Crippen LogP) is 12.4. The molecule has 12 rings (SSSR count). The molecule has 0 fully saturated rings. The summed E-state index contributed by atoms with van der Waals surface area (Å²) in [5.74, 6) is 2.99. The quantitative estimate of drug-likeness (QED) is 0.181. The van der Waals surface area contributed by atoms with Crippen LogP contribution >= 0.6 is 0 Å². The van der Waals surface area contributed by atoms with E-state index in [1.54, 1.807) is 14.2 Å². The Morgan fingerprint density at radius 1 is 0.393 bits per heavy atom. The van der Waals surface area contributed by atoms with Gasteiger partial charge in [0.1, 0.15) is 23.0 Å². The van der Waals surface area contributed by atoms with E-state index in [1.807, 2.05) is 12.1 Å². The molecule has 5 heteroatoms. The highest BCUT2D eigenvalue weighted by Crippen LogP contribution is 2.63. The second-order valence-electron chi connectivity index (χ2n) is 14.8. The molecule has 3 heterocycles. The molecule has 2 aliphatic rings. The molecule has 0 saturated carbocycles. The zero-order chi connectivity index (χ0) is 37.1. The number of ether oxygens (including phenoxy) is 3. The fourth-order valence-corrected chi connectivity index (χ4v) is 9.87. The summed E-state index contributed by atoms with van der Waals surface area (Å²) in [5.41, 5.74) is 13.1. The van der Waals surface area contributed by atoms with Gasteiger partial charge in [0.2, 0.25) is 0 Å². The van der Waals surface area contributed by atoms with E-state index in [1.165, 1.54) is 65.9 Å². The van der Waals surface area contributed by atoms with Gasteiger partial charge >= 0.3 is 0 Å². The van der Waals surface area contributed by atoms with Crippen LogP contribution in [-0.2, 0) is 5.41 Å². The highest BCUT2D eigenvalue weighted by molar-refractivity contribution is 6.10. The first-order valence-electron chi connectivity index (χ1n) is 19.0. The van der Waals surface area contributed by atoms with Crippen LogP contribution in [0.2, 0.25) is 0 Å². The van der Waals surface area contributed by atoms with Gasteiger partial charge in [-0.1, -0.05) is 97.1 Å². The minimum Gasteiger partial charge on any atom is -0.497 e. The molecular formula is C51H34N2O3. The topological polar surface area (TPSA) is 37.6 Å². The van der Waals surface area contributed by atoms with Gasteiger partial charge in [0.05, 0.1) is 41.7 Å². The van der Waals surface area contributed by atoms with Gasteiger partial charge in [-0.25, -0.2) is 0 Å². The summed E-state index contributed by atoms with van der Waals surface area (Å²) in [4.78, 5) is 0. The lowest BCUT2D eigenvalue weighted by Crippen LogP contribution is -2.32. The van der Waals surface area contributed by atoms with Crippen LogP contribution in [0.1, 0.15) is 22.3 Å². The lowest BCUT2D eigenvalue weighted by molar-refractivity contribution is 0.392. The monoisotopic (exact) mass is 722 g/mol. The lowest BCUT2D eigenvalue weighted by Gasteiger charge is -2.39. The van der Waals surface area contributed by atoms with Gasteiger partial charge in [0, 0.05) is 56.2 Å². The average molecular weight is 723 g/mol. The fourth-order valence-electron chi connectivity index (χ4n) is 9.87. The number of para-hydroxylation sites is 4. The molecule has 0 radical (unpaired) electrons. The van der Waals surface area contributed by atoms with Crippen molar-refractivity contribution < 1.29 is 14.2 Å². The van der Waals surface area contributed by atoms with Crippen molar-refractivity contribution in [2.24, 2.45) is 0 Å². The summed E-state index contributed by atoms with van der Waals surface area (Å²) < 4.78 is 23.2. The van der Waals surface area contributed by atoms with Gasteiger partial charge in [-0.15, -0.1) is 0 Å². The minimum atomic E-state index is -0.740. The van der Waals surface area contributed by atoms with Gasteiger partial charge in [0.15, 0.2) is 0 Å². The van der Waals surface area contributed by atoms with E-state index in [0.29, 0.717) is 0 Å². The van der Waals surface area contributed by atoms with Crippen LogP contribution in [0.3, 0.4) is 0 Å². The Kier molecular flexibility index (Phi) is 6.33. The molecule has 0 N–H and O–H groups in total. The number of benzene rings is 8. The third-order valence-corrected chi connectivity index (χ3v) is 12.2. The van der Waals surface area contributed by atoms with Gasteiger partial charge < -0.3 is 23.3 Å². The molecule has 56 heavy (non-hydrogen) atoms. The van der Waals surface area contributed by atoms with E-state index in [9.17, 15) is 0 Å². The van der Waals surface area contributed by atoms with Crippen molar-refractivity contribution >= 4 is 43.6 Å². The van der Waals surface area contributed by atoms with Crippen LogP contribution in [-0.4, -0.2) is 23.4 Å². The van der Waals surface area contributed by atoms with E-state index in [4.69, 9.17) is 14.2 Å². The van der Waals surface area contributed by atoms with Crippen LogP contribution in [0.4, 0.5) is 0 Å². The zero-order valence-electron chi connectivity index (χ0n) is 30.8. The van der Waals surface area contributed by atoms with E-state index < -0.39 is 5.41 Å². The maximum atomic E-state index is 6.84. The molecule has 266 valence electrons. The maximum Gasteiger partial charge on any atom is 0.135 e. The summed E-state index contributed by atoms with van der Waals surface area (Å²) in [6.07, 6.45) is 0. The minimum absolute atomic E-state index is 0.738. The molecule has 1 aliphatic carbocycles. The van der Waals surface area contributed by atoms with Crippen LogP contribution in [0.5, 0.6) is 23.0 Å². The van der Waals surface area contributed by atoms with Crippen molar-refractivity contribution in [1.29, 1.82) is 0 Å². The first-order chi connectivity index (χ1) is 27.7. The Morgan fingerprint density at radius 3 is 1.14 bits per heavy atom. The van der Waals surface area contributed by atoms with Gasteiger partial charge in [-0.3, -0.25) is 0 Å². The molecule has 0 unspecified atom stereocenters. The molecule has 0 amide bonds. The fraction of sp³-hybridized carbons (Fsp3) is 0.0588. The molecule has 10 aromatic rings. The third kappa shape index (κ3) is 3.98. The lowest BCUT2D eigenvalue weighted by atomic mass is 9.66. The summed E-state index contributed by atoms with van der Waals surface area (Å²) in [6.45, 7) is 0. The third-order valence-electron chi connectivity index (χ3n) is 12.2. The Morgan fingerprint density at radius 2 is 0.768 bits per heavy atom. The van der Waals surface area contributed by atoms with Crippen LogP contribution in [0, 0.1) is 0 Å². The van der Waals surface area contributed by atoms with Crippen LogP contribution in [0.15, 0.2) is 170 Å². The second kappa shape index (κ2) is 11.4. The second-order valence-corrected chi connectivity index (χ2v) is 14.8. The number of methoxy groups -OCH3 is 2. The van der Waals surface area contributed by atoms with Crippen molar-refractivity contribution in [1.82, 2.24) is 9.13 Å². The van der Waals surface area contributed by atoms with Crippen molar-refractivity contribution in [3.8, 4) is 45.5 Å². The van der Waals surface area contributed by atoms with E-state index in [2.05, 4.69) is 167 Å². The molecular weight excluding hydrogens is 689 g/mol. The number of nitrogens with zero attached hydrogens (tertiary/aromatic N) is 2. The highest BCUT2D eigenvalue weighted by atomic mass is 16.5. The highest BCUT2D eigenvalue weighted by Gasteiger charge is 2.52. The first-order valence-corrected chi connectivity index (χ1v) is 19.0. The summed E-state index contributed by atoms with van der Waals surface area (Å²) in [6, 6.07) is 61.4. The molecule has 1 spiro atoms. The Bertz CT molecular complexity index is 2950. The van der Waals surface area contributed by atoms with Gasteiger partial charge in [-0.2, -0.15) is 0 Å². The molecule has 0 bridgehead atoms. The van der Waals surface area contributed by atoms with Crippen molar-refractivity contribution in [3.05, 3.63) is 192 Å². The van der Waals surface area contributed by atoms with Gasteiger partial charge in [-0.05, 0) is 82.9 Å². The van der Waals surface area contributed by atoms with Crippen molar-refractivity contribution in [2.45, 2.75) is 5.41 Å².